The predicted molar refractivity (Wildman–Crippen MR) is 125 cm³/mol. The highest BCUT2D eigenvalue weighted by atomic mass is 35.5. The van der Waals surface area contributed by atoms with Crippen molar-refractivity contribution in [1.82, 2.24) is 9.21 Å². The molecule has 0 N–H and O–H groups in total. The van der Waals surface area contributed by atoms with Crippen LogP contribution in [0.15, 0.2) is 50.5 Å². The van der Waals surface area contributed by atoms with Crippen molar-refractivity contribution >= 4 is 38.5 Å². The lowest BCUT2D eigenvalue weighted by Crippen LogP contribution is -2.35. The quantitative estimate of drug-likeness (QED) is 0.556. The van der Waals surface area contributed by atoms with Gasteiger partial charge in [-0.1, -0.05) is 30.2 Å². The van der Waals surface area contributed by atoms with E-state index in [1.54, 1.807) is 50.4 Å². The maximum absolute atomic E-state index is 13.4. The van der Waals surface area contributed by atoms with E-state index in [0.717, 1.165) is 24.8 Å². The van der Waals surface area contributed by atoms with Crippen LogP contribution in [0.4, 0.5) is 0 Å². The largest absolute Gasteiger partial charge is 0.450 e. The van der Waals surface area contributed by atoms with Crippen molar-refractivity contribution in [3.8, 4) is 0 Å². The fourth-order valence-corrected chi connectivity index (χ4v) is 6.36. The maximum atomic E-state index is 13.4. The van der Waals surface area contributed by atoms with Crippen LogP contribution < -0.4 is 5.43 Å². The molecule has 7 nitrogen and oxygen atoms in total. The van der Waals surface area contributed by atoms with Crippen molar-refractivity contribution in [2.45, 2.75) is 37.1 Å². The normalized spacial score (nSPS) is 19.3. The first-order valence-electron chi connectivity index (χ1n) is 10.8. The van der Waals surface area contributed by atoms with Gasteiger partial charge in [-0.25, -0.2) is 8.42 Å². The van der Waals surface area contributed by atoms with Gasteiger partial charge in [0.15, 0.2) is 5.43 Å². The number of benzene rings is 2. The molecule has 9 heteroatoms. The first kappa shape index (κ1) is 22.1. The third kappa shape index (κ3) is 3.48. The molecule has 172 valence electrons. The number of nitrogens with zero attached hydrogens (tertiary/aromatic N) is 2. The lowest BCUT2D eigenvalue weighted by atomic mass is 9.98. The molecule has 2 aliphatic heterocycles. The molecule has 2 aromatic carbocycles. The molecule has 0 bridgehead atoms. The molecule has 0 radical (unpaired) electrons. The number of aryl methyl sites for hydroxylation is 1. The number of sulfonamides is 1. The Hall–Kier alpha value is -2.68. The van der Waals surface area contributed by atoms with E-state index in [0.29, 0.717) is 34.6 Å². The van der Waals surface area contributed by atoms with Gasteiger partial charge in [-0.3, -0.25) is 9.59 Å². The van der Waals surface area contributed by atoms with E-state index in [4.69, 9.17) is 16.0 Å². The van der Waals surface area contributed by atoms with Crippen LogP contribution in [0, 0.1) is 6.92 Å². The highest BCUT2D eigenvalue weighted by molar-refractivity contribution is 7.89. The number of hydrogen-bond acceptors (Lipinski definition) is 5. The van der Waals surface area contributed by atoms with E-state index in [1.807, 2.05) is 0 Å². The minimum absolute atomic E-state index is 0.00624. The number of hydrogen-bond donors (Lipinski definition) is 0. The molecule has 0 saturated carbocycles. The van der Waals surface area contributed by atoms with Crippen LogP contribution in [0.5, 0.6) is 0 Å². The van der Waals surface area contributed by atoms with Gasteiger partial charge in [-0.2, -0.15) is 4.31 Å². The molecule has 1 amide bonds. The molecular weight excluding hydrogens is 464 g/mol. The molecule has 0 spiro atoms. The van der Waals surface area contributed by atoms with Gasteiger partial charge < -0.3 is 9.32 Å². The topological polar surface area (TPSA) is 87.9 Å². The van der Waals surface area contributed by atoms with Gasteiger partial charge in [0, 0.05) is 25.2 Å². The molecule has 5 rings (SSSR count). The molecular formula is C24H23ClN2O5S. The fraction of sp³-hybridized carbons (Fsp3) is 0.333. The summed E-state index contributed by atoms with van der Waals surface area (Å²) in [6.45, 7) is 2.84. The molecule has 3 heterocycles. The number of carbonyl (C=O) groups excluding carboxylic acids is 1. The Bertz CT molecular complexity index is 1440. The molecule has 1 aromatic heterocycles. The predicted octanol–water partition coefficient (Wildman–Crippen LogP) is 4.10. The van der Waals surface area contributed by atoms with Gasteiger partial charge in [0.1, 0.15) is 5.58 Å². The zero-order chi connectivity index (χ0) is 23.5. The maximum Gasteiger partial charge on any atom is 0.290 e. The SMILES string of the molecule is Cc1cc2oc3c(c(=O)c2cc1Cl)[C@@H](c1ccc(S(=O)(=O)N2CCCCC2)cc1)N(C)C3=O. The summed E-state index contributed by atoms with van der Waals surface area (Å²) in [4.78, 5) is 28.0. The van der Waals surface area contributed by atoms with E-state index >= 15 is 0 Å². The van der Waals surface area contributed by atoms with Crippen LogP contribution in [0.3, 0.4) is 0 Å². The zero-order valence-corrected chi connectivity index (χ0v) is 19.9. The molecule has 3 aromatic rings. The summed E-state index contributed by atoms with van der Waals surface area (Å²) < 4.78 is 33.3. The Morgan fingerprint density at radius 2 is 1.70 bits per heavy atom. The van der Waals surface area contributed by atoms with Gasteiger partial charge in [-0.15, -0.1) is 0 Å². The lowest BCUT2D eigenvalue weighted by Gasteiger charge is -2.26. The average Bonchev–Trinajstić information content (AvgIpc) is 3.06. The number of fused-ring (bicyclic) bond motifs is 2. The van der Waals surface area contributed by atoms with Crippen molar-refractivity contribution in [2.24, 2.45) is 0 Å². The Kier molecular flexibility index (Phi) is 5.34. The van der Waals surface area contributed by atoms with Crippen molar-refractivity contribution in [3.05, 3.63) is 74.1 Å². The molecule has 0 aliphatic carbocycles. The van der Waals surface area contributed by atoms with Gasteiger partial charge in [0.05, 0.1) is 21.9 Å². The standard InChI is InChI=1S/C24H23ClN2O5S/c1-14-12-19-17(13-18(14)25)22(28)20-21(26(2)24(29)23(20)32-19)15-6-8-16(9-7-15)33(30,31)27-10-4-3-5-11-27/h6-9,12-13,21H,3-5,10-11H2,1-2H3/t21-/m1/s1. The summed E-state index contributed by atoms with van der Waals surface area (Å²) in [6.07, 6.45) is 2.75. The van der Waals surface area contributed by atoms with Crippen LogP contribution in [-0.2, 0) is 10.0 Å². The van der Waals surface area contributed by atoms with E-state index in [2.05, 4.69) is 0 Å². The number of amides is 1. The van der Waals surface area contributed by atoms with E-state index in [9.17, 15) is 18.0 Å². The van der Waals surface area contributed by atoms with Crippen LogP contribution in [0.2, 0.25) is 5.02 Å². The molecule has 1 fully saturated rings. The van der Waals surface area contributed by atoms with Gasteiger partial charge in [0.25, 0.3) is 5.91 Å². The number of carbonyl (C=O) groups is 1. The average molecular weight is 487 g/mol. The summed E-state index contributed by atoms with van der Waals surface area (Å²) >= 11 is 6.23. The highest BCUT2D eigenvalue weighted by Crippen LogP contribution is 2.38. The second-order valence-corrected chi connectivity index (χ2v) is 11.0. The molecule has 2 aliphatic rings. The summed E-state index contributed by atoms with van der Waals surface area (Å²) in [5, 5.41) is 0.748. The number of halogens is 1. The minimum Gasteiger partial charge on any atom is -0.450 e. The van der Waals surface area contributed by atoms with Crippen LogP contribution in [0.25, 0.3) is 11.0 Å². The van der Waals surface area contributed by atoms with E-state index in [-0.39, 0.29) is 21.6 Å². The van der Waals surface area contributed by atoms with Crippen molar-refractivity contribution in [1.29, 1.82) is 0 Å². The Labute approximate surface area is 196 Å². The highest BCUT2D eigenvalue weighted by Gasteiger charge is 2.41. The lowest BCUT2D eigenvalue weighted by molar-refractivity contribution is 0.0771. The zero-order valence-electron chi connectivity index (χ0n) is 18.3. The number of rotatable bonds is 3. The molecule has 0 unspecified atom stereocenters. The molecule has 33 heavy (non-hydrogen) atoms. The summed E-state index contributed by atoms with van der Waals surface area (Å²) in [5.41, 5.74) is 1.61. The van der Waals surface area contributed by atoms with Gasteiger partial charge >= 0.3 is 0 Å². The van der Waals surface area contributed by atoms with Crippen LogP contribution >= 0.6 is 11.6 Å². The first-order valence-corrected chi connectivity index (χ1v) is 12.7. The Morgan fingerprint density at radius 3 is 2.36 bits per heavy atom. The van der Waals surface area contributed by atoms with Crippen molar-refractivity contribution in [2.75, 3.05) is 20.1 Å². The minimum atomic E-state index is -3.58. The van der Waals surface area contributed by atoms with Crippen molar-refractivity contribution < 1.29 is 17.6 Å². The Morgan fingerprint density at radius 1 is 1.03 bits per heavy atom. The molecule has 1 atom stereocenters. The van der Waals surface area contributed by atoms with Gasteiger partial charge in [0.2, 0.25) is 15.8 Å². The van der Waals surface area contributed by atoms with Crippen LogP contribution in [-0.4, -0.2) is 43.7 Å². The van der Waals surface area contributed by atoms with E-state index < -0.39 is 22.0 Å². The monoisotopic (exact) mass is 486 g/mol. The van der Waals surface area contributed by atoms with Crippen LogP contribution in [0.1, 0.15) is 52.5 Å². The van der Waals surface area contributed by atoms with E-state index in [1.165, 1.54) is 9.21 Å². The Balaban J connectivity index is 1.59. The van der Waals surface area contributed by atoms with Gasteiger partial charge in [-0.05, 0) is 55.2 Å². The number of piperidine rings is 1. The smallest absolute Gasteiger partial charge is 0.290 e. The third-order valence-electron chi connectivity index (χ3n) is 6.53. The van der Waals surface area contributed by atoms with Crippen molar-refractivity contribution in [3.63, 3.8) is 0 Å². The second-order valence-electron chi connectivity index (χ2n) is 8.62. The molecule has 1 saturated heterocycles. The summed E-state index contributed by atoms with van der Waals surface area (Å²) in [5.74, 6) is -0.390. The fourth-order valence-electron chi connectivity index (χ4n) is 4.68. The second kappa shape index (κ2) is 7.97. The summed E-state index contributed by atoms with van der Waals surface area (Å²) in [7, 11) is -1.97. The summed E-state index contributed by atoms with van der Waals surface area (Å²) in [6, 6.07) is 8.93. The first-order chi connectivity index (χ1) is 15.7. The third-order valence-corrected chi connectivity index (χ3v) is 8.85.